The molecule has 8 nitrogen and oxygen atoms in total. The van der Waals surface area contributed by atoms with E-state index in [0.29, 0.717) is 4.90 Å². The van der Waals surface area contributed by atoms with Gasteiger partial charge in [0.05, 0.1) is 22.7 Å². The highest BCUT2D eigenvalue weighted by atomic mass is 35.5. The number of carbonyl (C=O) groups is 2. The molecule has 1 N–H and O–H groups in total. The Morgan fingerprint density at radius 2 is 1.86 bits per heavy atom. The van der Waals surface area contributed by atoms with Gasteiger partial charge in [0.1, 0.15) is 0 Å². The summed E-state index contributed by atoms with van der Waals surface area (Å²) in [4.78, 5) is 35.0. The number of nitro benzene ring substituents is 1. The van der Waals surface area contributed by atoms with Crippen molar-refractivity contribution in [3.63, 3.8) is 0 Å². The molecule has 28 heavy (non-hydrogen) atoms. The third kappa shape index (κ3) is 4.00. The molecule has 0 aliphatic rings. The fourth-order valence-corrected chi connectivity index (χ4v) is 2.72. The van der Waals surface area contributed by atoms with Crippen LogP contribution in [-0.2, 0) is 9.53 Å². The SMILES string of the molecule is COC(=O)[C@@H](F)N(C(=O)c1ccc([N+](=O)[O-])cc1)c1cc(Cl)c(C)c(Cl)c1O. The van der Waals surface area contributed by atoms with Crippen LogP contribution < -0.4 is 4.90 Å². The Bertz CT molecular complexity index is 952. The standard InChI is InChI=1S/C17H13Cl2FN2O6/c1-8-11(18)7-12(14(23)13(8)19)21(15(20)17(25)28-2)16(24)9-3-5-10(6-4-9)22(26)27/h3-7,15,23H,1-2H3/t15-/m0/s1. The van der Waals surface area contributed by atoms with Crippen LogP contribution in [0.2, 0.25) is 10.0 Å². The lowest BCUT2D eigenvalue weighted by molar-refractivity contribution is -0.384. The van der Waals surface area contributed by atoms with Crippen LogP contribution in [0.15, 0.2) is 30.3 Å². The number of benzene rings is 2. The molecule has 0 aromatic heterocycles. The average Bonchev–Trinajstić information content (AvgIpc) is 2.69. The molecule has 0 bridgehead atoms. The zero-order valence-corrected chi connectivity index (χ0v) is 16.0. The van der Waals surface area contributed by atoms with E-state index in [1.165, 1.54) is 6.92 Å². The van der Waals surface area contributed by atoms with Gasteiger partial charge in [0, 0.05) is 22.7 Å². The molecule has 148 valence electrons. The first-order valence-electron chi connectivity index (χ1n) is 7.57. The van der Waals surface area contributed by atoms with Crippen LogP contribution in [0.25, 0.3) is 0 Å². The third-order valence-electron chi connectivity index (χ3n) is 3.83. The Balaban J connectivity index is 2.62. The third-order valence-corrected chi connectivity index (χ3v) is 4.68. The fourth-order valence-electron chi connectivity index (χ4n) is 2.28. The summed E-state index contributed by atoms with van der Waals surface area (Å²) in [6.45, 7) is 1.49. The summed E-state index contributed by atoms with van der Waals surface area (Å²) in [6, 6.07) is 5.28. The monoisotopic (exact) mass is 430 g/mol. The number of alkyl halides is 1. The minimum absolute atomic E-state index is 0.0105. The van der Waals surface area contributed by atoms with E-state index < -0.39 is 34.5 Å². The van der Waals surface area contributed by atoms with Gasteiger partial charge in [-0.05, 0) is 30.7 Å². The molecule has 11 heteroatoms. The fraction of sp³-hybridized carbons (Fsp3) is 0.176. The molecule has 0 saturated carbocycles. The van der Waals surface area contributed by atoms with Crippen molar-refractivity contribution in [3.05, 3.63) is 61.6 Å². The van der Waals surface area contributed by atoms with Crippen LogP contribution >= 0.6 is 23.2 Å². The Hall–Kier alpha value is -2.91. The van der Waals surface area contributed by atoms with Crippen molar-refractivity contribution >= 4 is 46.5 Å². The molecule has 0 radical (unpaired) electrons. The van der Waals surface area contributed by atoms with Gasteiger partial charge in [-0.2, -0.15) is 0 Å². The van der Waals surface area contributed by atoms with E-state index >= 15 is 0 Å². The number of hydrogen-bond acceptors (Lipinski definition) is 6. The van der Waals surface area contributed by atoms with Crippen LogP contribution in [0.5, 0.6) is 5.75 Å². The molecule has 0 aliphatic carbocycles. The molecular formula is C17H13Cl2FN2O6. The number of nitro groups is 1. The summed E-state index contributed by atoms with van der Waals surface area (Å²) in [5.74, 6) is -3.17. The minimum atomic E-state index is -2.64. The number of esters is 1. The molecule has 0 heterocycles. The van der Waals surface area contributed by atoms with E-state index in [-0.39, 0.29) is 26.9 Å². The van der Waals surface area contributed by atoms with Gasteiger partial charge in [-0.1, -0.05) is 23.2 Å². The smallest absolute Gasteiger partial charge is 0.362 e. The molecule has 2 aromatic rings. The van der Waals surface area contributed by atoms with Crippen LogP contribution in [0, 0.1) is 17.0 Å². The number of non-ortho nitro benzene ring substituents is 1. The minimum Gasteiger partial charge on any atom is -0.504 e. The van der Waals surface area contributed by atoms with Crippen molar-refractivity contribution in [2.75, 3.05) is 12.0 Å². The summed E-state index contributed by atoms with van der Waals surface area (Å²) >= 11 is 12.0. The van der Waals surface area contributed by atoms with Crippen molar-refractivity contribution in [1.29, 1.82) is 0 Å². The highest BCUT2D eigenvalue weighted by Crippen LogP contribution is 2.42. The number of phenolic OH excluding ortho intramolecular Hbond substituents is 1. The van der Waals surface area contributed by atoms with E-state index in [2.05, 4.69) is 4.74 Å². The quantitative estimate of drug-likeness (QED) is 0.331. The van der Waals surface area contributed by atoms with E-state index in [4.69, 9.17) is 23.2 Å². The van der Waals surface area contributed by atoms with E-state index in [0.717, 1.165) is 37.4 Å². The molecule has 0 saturated heterocycles. The van der Waals surface area contributed by atoms with Crippen molar-refractivity contribution in [1.82, 2.24) is 0 Å². The van der Waals surface area contributed by atoms with Crippen LogP contribution in [0.4, 0.5) is 15.8 Å². The van der Waals surface area contributed by atoms with Crippen molar-refractivity contribution < 1.29 is 28.7 Å². The summed E-state index contributed by atoms with van der Waals surface area (Å²) in [6.07, 6.45) is -2.64. The lowest BCUT2D eigenvalue weighted by atomic mass is 10.1. The number of rotatable bonds is 5. The molecule has 0 unspecified atom stereocenters. The Kier molecular flexibility index (Phi) is 6.42. The number of ether oxygens (including phenoxy) is 1. The highest BCUT2D eigenvalue weighted by molar-refractivity contribution is 6.37. The number of hydrogen-bond donors (Lipinski definition) is 1. The molecule has 0 fully saturated rings. The first-order valence-corrected chi connectivity index (χ1v) is 8.33. The van der Waals surface area contributed by atoms with E-state index in [1.807, 2.05) is 0 Å². The lowest BCUT2D eigenvalue weighted by Crippen LogP contribution is -2.43. The molecule has 2 rings (SSSR count). The Labute approximate surface area is 168 Å². The van der Waals surface area contributed by atoms with Gasteiger partial charge < -0.3 is 9.84 Å². The number of carbonyl (C=O) groups excluding carboxylic acids is 2. The van der Waals surface area contributed by atoms with E-state index in [9.17, 15) is 29.2 Å². The van der Waals surface area contributed by atoms with Crippen molar-refractivity contribution in [2.24, 2.45) is 0 Å². The molecule has 1 amide bonds. The van der Waals surface area contributed by atoms with Crippen LogP contribution in [-0.4, -0.2) is 35.3 Å². The molecule has 0 aliphatic heterocycles. The highest BCUT2D eigenvalue weighted by Gasteiger charge is 2.35. The topological polar surface area (TPSA) is 110 Å². The van der Waals surface area contributed by atoms with Crippen molar-refractivity contribution in [2.45, 2.75) is 13.2 Å². The summed E-state index contributed by atoms with van der Waals surface area (Å²) in [5.41, 5.74) is -0.677. The maximum absolute atomic E-state index is 14.8. The second-order valence-corrected chi connectivity index (χ2v) is 6.29. The normalized spacial score (nSPS) is 11.6. The average molecular weight is 431 g/mol. The number of amides is 1. The maximum atomic E-state index is 14.8. The van der Waals surface area contributed by atoms with E-state index in [1.54, 1.807) is 0 Å². The number of halogens is 3. The molecular weight excluding hydrogens is 418 g/mol. The van der Waals surface area contributed by atoms with Gasteiger partial charge in [0.25, 0.3) is 17.9 Å². The van der Waals surface area contributed by atoms with Crippen LogP contribution in [0.3, 0.4) is 0 Å². The largest absolute Gasteiger partial charge is 0.504 e. The van der Waals surface area contributed by atoms with Gasteiger partial charge in [-0.3, -0.25) is 19.8 Å². The summed E-state index contributed by atoms with van der Waals surface area (Å²) in [7, 11) is 0.915. The van der Waals surface area contributed by atoms with Crippen LogP contribution in [0.1, 0.15) is 15.9 Å². The molecule has 0 spiro atoms. The van der Waals surface area contributed by atoms with Gasteiger partial charge >= 0.3 is 5.97 Å². The lowest BCUT2D eigenvalue weighted by Gasteiger charge is -2.26. The second-order valence-electron chi connectivity index (χ2n) is 5.50. The zero-order chi connectivity index (χ0) is 21.2. The number of aromatic hydroxyl groups is 1. The number of methoxy groups -OCH3 is 1. The Morgan fingerprint density at radius 3 is 2.36 bits per heavy atom. The number of anilines is 1. The zero-order valence-electron chi connectivity index (χ0n) is 14.5. The number of nitrogens with zero attached hydrogens (tertiary/aromatic N) is 2. The van der Waals surface area contributed by atoms with Gasteiger partial charge in [-0.25, -0.2) is 9.18 Å². The predicted molar refractivity (Wildman–Crippen MR) is 99.7 cm³/mol. The predicted octanol–water partition coefficient (Wildman–Crippen LogP) is 4.03. The first kappa shape index (κ1) is 21.4. The maximum Gasteiger partial charge on any atom is 0.362 e. The first-order chi connectivity index (χ1) is 13.1. The Morgan fingerprint density at radius 1 is 1.29 bits per heavy atom. The summed E-state index contributed by atoms with van der Waals surface area (Å²) < 4.78 is 19.1. The summed E-state index contributed by atoms with van der Waals surface area (Å²) in [5, 5.41) is 20.8. The molecule has 1 atom stereocenters. The molecule has 2 aromatic carbocycles. The number of phenols is 1. The van der Waals surface area contributed by atoms with Gasteiger partial charge in [0.15, 0.2) is 5.75 Å². The van der Waals surface area contributed by atoms with Gasteiger partial charge in [-0.15, -0.1) is 0 Å². The van der Waals surface area contributed by atoms with Gasteiger partial charge in [0.2, 0.25) is 0 Å². The second kappa shape index (κ2) is 8.41. The van der Waals surface area contributed by atoms with Crippen molar-refractivity contribution in [3.8, 4) is 5.75 Å².